The molecule has 1 aromatic carbocycles. The van der Waals surface area contributed by atoms with Crippen molar-refractivity contribution in [3.05, 3.63) is 29.8 Å². The van der Waals surface area contributed by atoms with E-state index in [9.17, 15) is 14.7 Å². The third-order valence-electron chi connectivity index (χ3n) is 4.49. The molecule has 132 valence electrons. The van der Waals surface area contributed by atoms with Crippen LogP contribution in [0, 0.1) is 5.41 Å². The van der Waals surface area contributed by atoms with E-state index in [4.69, 9.17) is 9.47 Å². The van der Waals surface area contributed by atoms with E-state index >= 15 is 0 Å². The number of carbonyl (C=O) groups excluding carboxylic acids is 1. The van der Waals surface area contributed by atoms with Gasteiger partial charge in [0.25, 0.3) is 5.91 Å². The van der Waals surface area contributed by atoms with E-state index in [-0.39, 0.29) is 25.7 Å². The van der Waals surface area contributed by atoms with Crippen LogP contribution in [0.15, 0.2) is 24.3 Å². The standard InChI is InChI=1S/C18H25NO5/c1-13(2)14-4-6-15(7-5-14)24-10-16(20)19-9-8-18(11-19,12-23-3)17(21)22/h4-7,13H,8-12H2,1-3H3,(H,21,22). The number of aliphatic carboxylic acids is 1. The second-order valence-electron chi connectivity index (χ2n) is 6.60. The molecule has 1 heterocycles. The van der Waals surface area contributed by atoms with Gasteiger partial charge in [0.05, 0.1) is 6.61 Å². The van der Waals surface area contributed by atoms with E-state index in [0.29, 0.717) is 24.6 Å². The SMILES string of the molecule is COCC1(C(=O)O)CCN(C(=O)COc2ccc(C(C)C)cc2)C1. The van der Waals surface area contributed by atoms with Gasteiger partial charge in [0.2, 0.25) is 0 Å². The zero-order valence-corrected chi connectivity index (χ0v) is 14.4. The molecule has 0 radical (unpaired) electrons. The smallest absolute Gasteiger partial charge is 0.313 e. The van der Waals surface area contributed by atoms with Crippen LogP contribution in [0.5, 0.6) is 5.75 Å². The lowest BCUT2D eigenvalue weighted by molar-refractivity contribution is -0.151. The Morgan fingerprint density at radius 3 is 2.50 bits per heavy atom. The Balaban J connectivity index is 1.90. The van der Waals surface area contributed by atoms with Crippen molar-refractivity contribution in [3.63, 3.8) is 0 Å². The maximum atomic E-state index is 12.3. The highest BCUT2D eigenvalue weighted by Crippen LogP contribution is 2.31. The van der Waals surface area contributed by atoms with Crippen LogP contribution in [0.2, 0.25) is 0 Å². The van der Waals surface area contributed by atoms with Gasteiger partial charge in [0.15, 0.2) is 6.61 Å². The van der Waals surface area contributed by atoms with E-state index in [1.54, 1.807) is 0 Å². The Kier molecular flexibility index (Phi) is 5.83. The van der Waals surface area contributed by atoms with Crippen molar-refractivity contribution in [2.24, 2.45) is 5.41 Å². The van der Waals surface area contributed by atoms with Crippen LogP contribution < -0.4 is 4.74 Å². The lowest BCUT2D eigenvalue weighted by atomic mass is 9.88. The molecule has 1 atom stereocenters. The number of benzene rings is 1. The molecule has 1 N–H and O–H groups in total. The molecular formula is C18H25NO5. The molecule has 6 heteroatoms. The predicted molar refractivity (Wildman–Crippen MR) is 89.2 cm³/mol. The van der Waals surface area contributed by atoms with Gasteiger partial charge in [-0.3, -0.25) is 9.59 Å². The number of hydrogen-bond acceptors (Lipinski definition) is 4. The summed E-state index contributed by atoms with van der Waals surface area (Å²) >= 11 is 0. The number of amides is 1. The number of ether oxygens (including phenoxy) is 2. The van der Waals surface area contributed by atoms with E-state index in [1.807, 2.05) is 24.3 Å². The molecule has 0 saturated carbocycles. The van der Waals surface area contributed by atoms with Crippen LogP contribution >= 0.6 is 0 Å². The molecule has 0 aromatic heterocycles. The summed E-state index contributed by atoms with van der Waals surface area (Å²) in [6.45, 7) is 4.80. The van der Waals surface area contributed by atoms with Crippen molar-refractivity contribution in [3.8, 4) is 5.75 Å². The van der Waals surface area contributed by atoms with Crippen LogP contribution in [0.3, 0.4) is 0 Å². The van der Waals surface area contributed by atoms with E-state index < -0.39 is 11.4 Å². The Labute approximate surface area is 142 Å². The molecule has 24 heavy (non-hydrogen) atoms. The van der Waals surface area contributed by atoms with Crippen LogP contribution in [0.4, 0.5) is 0 Å². The molecule has 1 amide bonds. The maximum Gasteiger partial charge on any atom is 0.313 e. The second kappa shape index (κ2) is 7.66. The fourth-order valence-corrected chi connectivity index (χ4v) is 2.90. The summed E-state index contributed by atoms with van der Waals surface area (Å²) in [6.07, 6.45) is 0.394. The lowest BCUT2D eigenvalue weighted by Gasteiger charge is -2.23. The summed E-state index contributed by atoms with van der Waals surface area (Å²) in [7, 11) is 1.47. The fraction of sp³-hybridized carbons (Fsp3) is 0.556. The van der Waals surface area contributed by atoms with E-state index in [1.165, 1.54) is 17.6 Å². The average molecular weight is 335 g/mol. The quantitative estimate of drug-likeness (QED) is 0.826. The van der Waals surface area contributed by atoms with Crippen molar-refractivity contribution in [2.75, 3.05) is 33.4 Å². The molecule has 1 aliphatic rings. The Morgan fingerprint density at radius 1 is 1.29 bits per heavy atom. The zero-order valence-electron chi connectivity index (χ0n) is 14.4. The topological polar surface area (TPSA) is 76.1 Å². The van der Waals surface area contributed by atoms with E-state index in [2.05, 4.69) is 13.8 Å². The molecule has 0 spiro atoms. The molecule has 1 fully saturated rings. The number of carbonyl (C=O) groups is 2. The third kappa shape index (κ3) is 4.06. The van der Waals surface area contributed by atoms with Gasteiger partial charge < -0.3 is 19.5 Å². The summed E-state index contributed by atoms with van der Waals surface area (Å²) in [5, 5.41) is 9.42. The second-order valence-corrected chi connectivity index (χ2v) is 6.60. The normalized spacial score (nSPS) is 20.4. The summed E-state index contributed by atoms with van der Waals surface area (Å²) in [5.41, 5.74) is 0.197. The minimum atomic E-state index is -1.01. The maximum absolute atomic E-state index is 12.3. The van der Waals surface area contributed by atoms with Crippen LogP contribution in [-0.2, 0) is 14.3 Å². The Bertz CT molecular complexity index is 584. The highest BCUT2D eigenvalue weighted by atomic mass is 16.5. The van der Waals surface area contributed by atoms with Gasteiger partial charge >= 0.3 is 5.97 Å². The van der Waals surface area contributed by atoms with Gasteiger partial charge in [-0.05, 0) is 30.0 Å². The average Bonchev–Trinajstić information content (AvgIpc) is 2.99. The van der Waals surface area contributed by atoms with Crippen molar-refractivity contribution < 1.29 is 24.2 Å². The van der Waals surface area contributed by atoms with Crippen molar-refractivity contribution in [2.45, 2.75) is 26.2 Å². The molecule has 1 unspecified atom stereocenters. The van der Waals surface area contributed by atoms with Crippen LogP contribution in [0.1, 0.15) is 31.7 Å². The largest absolute Gasteiger partial charge is 0.484 e. The van der Waals surface area contributed by atoms with Gasteiger partial charge in [-0.25, -0.2) is 0 Å². The first-order valence-corrected chi connectivity index (χ1v) is 8.11. The highest BCUT2D eigenvalue weighted by Gasteiger charge is 2.46. The molecule has 1 saturated heterocycles. The first kappa shape index (κ1) is 18.3. The molecule has 1 aliphatic heterocycles. The Morgan fingerprint density at radius 2 is 1.96 bits per heavy atom. The Hall–Kier alpha value is -2.08. The molecule has 2 rings (SSSR count). The van der Waals surface area contributed by atoms with Crippen LogP contribution in [0.25, 0.3) is 0 Å². The number of methoxy groups -OCH3 is 1. The van der Waals surface area contributed by atoms with Gasteiger partial charge in [-0.15, -0.1) is 0 Å². The number of rotatable bonds is 7. The van der Waals surface area contributed by atoms with Gasteiger partial charge in [0, 0.05) is 20.2 Å². The van der Waals surface area contributed by atoms with Crippen LogP contribution in [-0.4, -0.2) is 55.3 Å². The summed E-state index contributed by atoms with van der Waals surface area (Å²) in [6, 6.07) is 7.65. The zero-order chi connectivity index (χ0) is 17.7. The lowest BCUT2D eigenvalue weighted by Crippen LogP contribution is -2.41. The summed E-state index contributed by atoms with van der Waals surface area (Å²) < 4.78 is 10.6. The fourth-order valence-electron chi connectivity index (χ4n) is 2.90. The number of likely N-dealkylation sites (tertiary alicyclic amines) is 1. The molecule has 1 aromatic rings. The summed E-state index contributed by atoms with van der Waals surface area (Å²) in [4.78, 5) is 25.3. The highest BCUT2D eigenvalue weighted by molar-refractivity contribution is 5.81. The van der Waals surface area contributed by atoms with Crippen molar-refractivity contribution >= 4 is 11.9 Å². The monoisotopic (exact) mass is 335 g/mol. The number of carboxylic acid groups (broad SMARTS) is 1. The van der Waals surface area contributed by atoms with Crippen molar-refractivity contribution in [1.29, 1.82) is 0 Å². The minimum absolute atomic E-state index is 0.0935. The number of hydrogen-bond donors (Lipinski definition) is 1. The van der Waals surface area contributed by atoms with Gasteiger partial charge in [-0.1, -0.05) is 26.0 Å². The predicted octanol–water partition coefficient (Wildman–Crippen LogP) is 2.14. The van der Waals surface area contributed by atoms with Gasteiger partial charge in [-0.2, -0.15) is 0 Å². The van der Waals surface area contributed by atoms with Gasteiger partial charge in [0.1, 0.15) is 11.2 Å². The molecule has 6 nitrogen and oxygen atoms in total. The number of carboxylic acids is 1. The molecule has 0 bridgehead atoms. The molecule has 0 aliphatic carbocycles. The van der Waals surface area contributed by atoms with E-state index in [0.717, 1.165) is 0 Å². The molecular weight excluding hydrogens is 310 g/mol. The first-order chi connectivity index (χ1) is 11.4. The third-order valence-corrected chi connectivity index (χ3v) is 4.49. The summed E-state index contributed by atoms with van der Waals surface area (Å²) in [5.74, 6) is -0.0597. The number of nitrogens with zero attached hydrogens (tertiary/aromatic N) is 1. The van der Waals surface area contributed by atoms with Crippen molar-refractivity contribution in [1.82, 2.24) is 4.90 Å². The minimum Gasteiger partial charge on any atom is -0.484 e. The first-order valence-electron chi connectivity index (χ1n) is 8.11.